The van der Waals surface area contributed by atoms with Crippen molar-refractivity contribution in [2.24, 2.45) is 40.9 Å². The van der Waals surface area contributed by atoms with Gasteiger partial charge in [-0.1, -0.05) is 32.1 Å². The molecule has 3 fully saturated rings. The first-order chi connectivity index (χ1) is 12.7. The van der Waals surface area contributed by atoms with Gasteiger partial charge in [-0.2, -0.15) is 0 Å². The average molecular weight is 372 g/mol. The van der Waals surface area contributed by atoms with Gasteiger partial charge in [0.1, 0.15) is 11.9 Å². The molecule has 0 amide bonds. The molecule has 4 aliphatic rings. The van der Waals surface area contributed by atoms with Gasteiger partial charge >= 0.3 is 11.9 Å². The van der Waals surface area contributed by atoms with Crippen LogP contribution < -0.4 is 0 Å². The molecule has 146 valence electrons. The highest BCUT2D eigenvalue weighted by Gasteiger charge is 2.63. The maximum Gasteiger partial charge on any atom is 0.334 e. The lowest BCUT2D eigenvalue weighted by molar-refractivity contribution is -0.155. The minimum Gasteiger partial charge on any atom is -0.469 e. The second kappa shape index (κ2) is 6.05. The number of Topliss-reactive ketones (excluding diaryl/α,β-unsaturated/α-hetero) is 1. The maximum atomic E-state index is 13.9. The molecule has 3 aliphatic carbocycles. The van der Waals surface area contributed by atoms with Gasteiger partial charge in [0, 0.05) is 23.3 Å². The highest BCUT2D eigenvalue weighted by molar-refractivity contribution is 5.98. The van der Waals surface area contributed by atoms with E-state index >= 15 is 0 Å². The van der Waals surface area contributed by atoms with Gasteiger partial charge in [-0.3, -0.25) is 9.59 Å². The predicted octanol–water partition coefficient (Wildman–Crippen LogP) is 3.09. The zero-order valence-corrected chi connectivity index (χ0v) is 16.5. The Hall–Kier alpha value is -1.91. The van der Waals surface area contributed by atoms with Crippen LogP contribution in [0.25, 0.3) is 0 Å². The van der Waals surface area contributed by atoms with E-state index in [0.29, 0.717) is 18.4 Å². The number of carbonyl (C=O) groups is 3. The van der Waals surface area contributed by atoms with Crippen molar-refractivity contribution in [3.8, 4) is 0 Å². The smallest absolute Gasteiger partial charge is 0.334 e. The second-order valence-corrected chi connectivity index (χ2v) is 9.43. The second-order valence-electron chi connectivity index (χ2n) is 9.43. The molecule has 0 bridgehead atoms. The fourth-order valence-electron chi connectivity index (χ4n) is 6.31. The van der Waals surface area contributed by atoms with E-state index in [9.17, 15) is 14.4 Å². The Bertz CT molecular complexity index is 761. The number of carbonyl (C=O) groups excluding carboxylic acids is 3. The van der Waals surface area contributed by atoms with Crippen LogP contribution in [0, 0.1) is 40.9 Å². The van der Waals surface area contributed by atoms with Crippen molar-refractivity contribution in [3.05, 3.63) is 23.8 Å². The van der Waals surface area contributed by atoms with Gasteiger partial charge in [-0.25, -0.2) is 4.79 Å². The van der Waals surface area contributed by atoms with Crippen LogP contribution in [0.15, 0.2) is 23.8 Å². The number of methoxy groups -OCH3 is 1. The summed E-state index contributed by atoms with van der Waals surface area (Å²) in [6, 6.07) is 0. The number of ketones is 1. The monoisotopic (exact) mass is 372 g/mol. The molecule has 0 aromatic heterocycles. The summed E-state index contributed by atoms with van der Waals surface area (Å²) in [5.41, 5.74) is 1.37. The predicted molar refractivity (Wildman–Crippen MR) is 98.4 cm³/mol. The van der Waals surface area contributed by atoms with Crippen LogP contribution in [0.5, 0.6) is 0 Å². The van der Waals surface area contributed by atoms with E-state index in [0.717, 1.165) is 12.0 Å². The molecular formula is C22H28O5. The van der Waals surface area contributed by atoms with E-state index in [1.54, 1.807) is 0 Å². The number of hydrogen-bond donors (Lipinski definition) is 0. The van der Waals surface area contributed by atoms with Gasteiger partial charge < -0.3 is 9.47 Å². The highest BCUT2D eigenvalue weighted by atomic mass is 16.6. The molecule has 2 saturated carbocycles. The van der Waals surface area contributed by atoms with Crippen LogP contribution in [0.1, 0.15) is 40.0 Å². The van der Waals surface area contributed by atoms with Crippen molar-refractivity contribution in [1.29, 1.82) is 0 Å². The lowest BCUT2D eigenvalue weighted by Crippen LogP contribution is -2.46. The Kier molecular flexibility index (Phi) is 4.13. The van der Waals surface area contributed by atoms with Crippen molar-refractivity contribution in [1.82, 2.24) is 0 Å². The van der Waals surface area contributed by atoms with Gasteiger partial charge in [0.25, 0.3) is 0 Å². The molecule has 1 heterocycles. The van der Waals surface area contributed by atoms with Gasteiger partial charge in [0.05, 0.1) is 13.0 Å². The number of esters is 2. The van der Waals surface area contributed by atoms with Gasteiger partial charge in [-0.15, -0.1) is 0 Å². The molecule has 0 aromatic rings. The molecule has 0 N–H and O–H groups in total. The van der Waals surface area contributed by atoms with Crippen LogP contribution in [-0.4, -0.2) is 30.9 Å². The third kappa shape index (κ3) is 2.54. The number of ether oxygens (including phenoxy) is 2. The summed E-state index contributed by atoms with van der Waals surface area (Å²) in [5, 5.41) is 0. The first-order valence-corrected chi connectivity index (χ1v) is 9.87. The van der Waals surface area contributed by atoms with Gasteiger partial charge in [0.2, 0.25) is 0 Å². The largest absolute Gasteiger partial charge is 0.469 e. The fraction of sp³-hybridized carbons (Fsp3) is 0.682. The maximum absolute atomic E-state index is 13.9. The van der Waals surface area contributed by atoms with Crippen molar-refractivity contribution >= 4 is 17.7 Å². The summed E-state index contributed by atoms with van der Waals surface area (Å²) < 4.78 is 10.7. The molecule has 7 unspecified atom stereocenters. The van der Waals surface area contributed by atoms with Crippen molar-refractivity contribution < 1.29 is 23.9 Å². The first-order valence-electron chi connectivity index (χ1n) is 9.87. The molecule has 27 heavy (non-hydrogen) atoms. The standard InChI is InChI=1S/C22H28O5/c1-10(2)11-6-7-12(20(24)26-5)16-13(11)8-14-17-15(27-21(14)25)9-22(3,4)18(17)19(16)23/h8,11-13,15-18H,1,6-7,9H2,2-5H3. The summed E-state index contributed by atoms with van der Waals surface area (Å²) >= 11 is 0. The first kappa shape index (κ1) is 18.5. The van der Waals surface area contributed by atoms with E-state index in [-0.39, 0.29) is 52.9 Å². The van der Waals surface area contributed by atoms with E-state index in [1.165, 1.54) is 7.11 Å². The minimum absolute atomic E-state index is 0.0844. The van der Waals surface area contributed by atoms with Crippen LogP contribution in [0.4, 0.5) is 0 Å². The molecule has 0 spiro atoms. The molecular weight excluding hydrogens is 344 g/mol. The van der Waals surface area contributed by atoms with E-state index < -0.39 is 11.8 Å². The van der Waals surface area contributed by atoms with Crippen LogP contribution in [0.2, 0.25) is 0 Å². The summed E-state index contributed by atoms with van der Waals surface area (Å²) in [6.45, 7) is 10.2. The minimum atomic E-state index is -0.457. The number of fused-ring (bicyclic) bond motifs is 1. The Morgan fingerprint density at radius 3 is 2.52 bits per heavy atom. The topological polar surface area (TPSA) is 69.7 Å². The zero-order valence-electron chi connectivity index (χ0n) is 16.5. The van der Waals surface area contributed by atoms with Gasteiger partial charge in [-0.05, 0) is 43.4 Å². The summed E-state index contributed by atoms with van der Waals surface area (Å²) in [6.07, 6.45) is 3.80. The Labute approximate surface area is 160 Å². The number of allylic oxidation sites excluding steroid dienone is 2. The van der Waals surface area contributed by atoms with E-state index in [2.05, 4.69) is 20.4 Å². The van der Waals surface area contributed by atoms with Crippen LogP contribution in [0.3, 0.4) is 0 Å². The third-order valence-electron chi connectivity index (χ3n) is 7.43. The quantitative estimate of drug-likeness (QED) is 0.550. The molecule has 0 radical (unpaired) electrons. The molecule has 0 aromatic carbocycles. The summed E-state index contributed by atoms with van der Waals surface area (Å²) in [4.78, 5) is 39.0. The number of rotatable bonds is 2. The van der Waals surface area contributed by atoms with Crippen molar-refractivity contribution in [2.75, 3.05) is 7.11 Å². The van der Waals surface area contributed by atoms with Crippen LogP contribution >= 0.6 is 0 Å². The summed E-state index contributed by atoms with van der Waals surface area (Å²) in [7, 11) is 1.38. The average Bonchev–Trinajstić information content (AvgIpc) is 2.95. The molecule has 7 atom stereocenters. The van der Waals surface area contributed by atoms with E-state index in [1.807, 2.05) is 13.0 Å². The van der Waals surface area contributed by atoms with Gasteiger partial charge in [0.15, 0.2) is 0 Å². The van der Waals surface area contributed by atoms with E-state index in [4.69, 9.17) is 9.47 Å². The van der Waals surface area contributed by atoms with Crippen molar-refractivity contribution in [3.63, 3.8) is 0 Å². The molecule has 5 nitrogen and oxygen atoms in total. The fourth-order valence-corrected chi connectivity index (χ4v) is 6.31. The highest BCUT2D eigenvalue weighted by Crippen LogP contribution is 2.59. The molecule has 4 rings (SSSR count). The Balaban J connectivity index is 1.88. The normalized spacial score (nSPS) is 41.8. The SMILES string of the molecule is C=C(C)C1CCC(C(=O)OC)C2C(=O)C3C4C(=CC12)C(=O)OC4CC3(C)C. The Morgan fingerprint density at radius 1 is 1.22 bits per heavy atom. The third-order valence-corrected chi connectivity index (χ3v) is 7.43. The lowest BCUT2D eigenvalue weighted by atomic mass is 9.61. The molecule has 1 aliphatic heterocycles. The van der Waals surface area contributed by atoms with Crippen LogP contribution in [-0.2, 0) is 23.9 Å². The number of hydrogen-bond acceptors (Lipinski definition) is 5. The lowest BCUT2D eigenvalue weighted by Gasteiger charge is -2.41. The summed E-state index contributed by atoms with van der Waals surface area (Å²) in [5.74, 6) is -2.02. The van der Waals surface area contributed by atoms with Crippen molar-refractivity contribution in [2.45, 2.75) is 46.1 Å². The molecule has 5 heteroatoms. The molecule has 1 saturated heterocycles. The zero-order chi connectivity index (χ0) is 19.7. The Morgan fingerprint density at radius 2 is 1.89 bits per heavy atom.